The molecule has 0 spiro atoms. The van der Waals surface area contributed by atoms with E-state index in [1.165, 1.54) is 4.90 Å². The van der Waals surface area contributed by atoms with Crippen LogP contribution in [0.15, 0.2) is 47.9 Å². The van der Waals surface area contributed by atoms with E-state index in [4.69, 9.17) is 9.47 Å². The highest BCUT2D eigenvalue weighted by atomic mass is 32.2. The largest absolute Gasteiger partial charge is 0.343 e. The van der Waals surface area contributed by atoms with Crippen LogP contribution in [0.25, 0.3) is 0 Å². The highest BCUT2D eigenvalue weighted by molar-refractivity contribution is 7.99. The SMILES string of the molecule is C=C[C@@H]1N[C@H](CSc2ccccc2)[C@H]2OC(C)(C)O[C@H]21. The summed E-state index contributed by atoms with van der Waals surface area (Å²) >= 11 is 1.85. The Morgan fingerprint density at radius 3 is 2.65 bits per heavy atom. The number of hydrogen-bond acceptors (Lipinski definition) is 4. The van der Waals surface area contributed by atoms with E-state index in [0.717, 1.165) is 5.75 Å². The van der Waals surface area contributed by atoms with Gasteiger partial charge in [0, 0.05) is 16.7 Å². The van der Waals surface area contributed by atoms with Crippen LogP contribution in [0.1, 0.15) is 13.8 Å². The van der Waals surface area contributed by atoms with Crippen molar-refractivity contribution >= 4 is 11.8 Å². The smallest absolute Gasteiger partial charge is 0.163 e. The van der Waals surface area contributed by atoms with E-state index in [9.17, 15) is 0 Å². The van der Waals surface area contributed by atoms with Gasteiger partial charge in [-0.3, -0.25) is 0 Å². The second-order valence-corrected chi connectivity index (χ2v) is 6.82. The second-order valence-electron chi connectivity index (χ2n) is 5.72. The molecule has 20 heavy (non-hydrogen) atoms. The quantitative estimate of drug-likeness (QED) is 0.682. The molecule has 1 N–H and O–H groups in total. The number of thioether (sulfide) groups is 1. The summed E-state index contributed by atoms with van der Waals surface area (Å²) in [4.78, 5) is 1.28. The van der Waals surface area contributed by atoms with Gasteiger partial charge in [0.2, 0.25) is 0 Å². The number of ether oxygens (including phenoxy) is 2. The molecule has 0 unspecified atom stereocenters. The van der Waals surface area contributed by atoms with Crippen molar-refractivity contribution in [3.05, 3.63) is 43.0 Å². The van der Waals surface area contributed by atoms with Crippen LogP contribution in [0.2, 0.25) is 0 Å². The lowest BCUT2D eigenvalue weighted by molar-refractivity contribution is -0.154. The number of fused-ring (bicyclic) bond motifs is 1. The molecule has 2 aliphatic heterocycles. The predicted octanol–water partition coefficient (Wildman–Crippen LogP) is 2.83. The molecule has 4 atom stereocenters. The summed E-state index contributed by atoms with van der Waals surface area (Å²) < 4.78 is 12.1. The van der Waals surface area contributed by atoms with E-state index in [0.29, 0.717) is 0 Å². The van der Waals surface area contributed by atoms with Crippen LogP contribution in [0, 0.1) is 0 Å². The molecule has 0 bridgehead atoms. The van der Waals surface area contributed by atoms with E-state index in [1.807, 2.05) is 37.8 Å². The van der Waals surface area contributed by atoms with Crippen molar-refractivity contribution in [1.82, 2.24) is 5.32 Å². The average molecular weight is 291 g/mol. The highest BCUT2D eigenvalue weighted by Gasteiger charge is 2.52. The first-order valence-electron chi connectivity index (χ1n) is 7.01. The Labute approximate surface area is 124 Å². The van der Waals surface area contributed by atoms with Gasteiger partial charge >= 0.3 is 0 Å². The van der Waals surface area contributed by atoms with Crippen molar-refractivity contribution in [3.8, 4) is 0 Å². The molecule has 1 aromatic rings. The van der Waals surface area contributed by atoms with E-state index in [2.05, 4.69) is 36.2 Å². The molecule has 2 heterocycles. The fourth-order valence-corrected chi connectivity index (χ4v) is 3.90. The zero-order valence-corrected chi connectivity index (χ0v) is 12.7. The van der Waals surface area contributed by atoms with Gasteiger partial charge in [-0.1, -0.05) is 24.3 Å². The van der Waals surface area contributed by atoms with Crippen molar-refractivity contribution in [1.29, 1.82) is 0 Å². The standard InChI is InChI=1S/C16H21NO2S/c1-4-12-14-15(19-16(2,3)18-14)13(17-12)10-20-11-8-6-5-7-9-11/h4-9,12-15,17H,1,10H2,2-3H3/t12-,13+,14-,15+/m0/s1. The lowest BCUT2D eigenvalue weighted by Gasteiger charge is -2.23. The van der Waals surface area contributed by atoms with Gasteiger partial charge < -0.3 is 14.8 Å². The summed E-state index contributed by atoms with van der Waals surface area (Å²) in [5, 5.41) is 3.56. The van der Waals surface area contributed by atoms with Crippen molar-refractivity contribution in [2.45, 2.75) is 48.8 Å². The van der Waals surface area contributed by atoms with Crippen LogP contribution in [-0.2, 0) is 9.47 Å². The van der Waals surface area contributed by atoms with Crippen LogP contribution < -0.4 is 5.32 Å². The first-order chi connectivity index (χ1) is 9.59. The van der Waals surface area contributed by atoms with Gasteiger partial charge in [0.25, 0.3) is 0 Å². The normalized spacial score (nSPS) is 34.9. The van der Waals surface area contributed by atoms with Gasteiger partial charge in [0.15, 0.2) is 5.79 Å². The van der Waals surface area contributed by atoms with E-state index < -0.39 is 5.79 Å². The van der Waals surface area contributed by atoms with Crippen LogP contribution in [0.5, 0.6) is 0 Å². The molecular formula is C16H21NO2S. The molecule has 3 nitrogen and oxygen atoms in total. The van der Waals surface area contributed by atoms with Crippen molar-refractivity contribution in [3.63, 3.8) is 0 Å². The molecule has 2 fully saturated rings. The number of nitrogens with one attached hydrogen (secondary N) is 1. The van der Waals surface area contributed by atoms with Crippen LogP contribution in [0.3, 0.4) is 0 Å². The minimum absolute atomic E-state index is 0.0730. The van der Waals surface area contributed by atoms with Crippen molar-refractivity contribution in [2.75, 3.05) is 5.75 Å². The second kappa shape index (κ2) is 5.53. The molecular weight excluding hydrogens is 270 g/mol. The molecule has 1 aromatic carbocycles. The monoisotopic (exact) mass is 291 g/mol. The van der Waals surface area contributed by atoms with Gasteiger partial charge in [-0.25, -0.2) is 0 Å². The van der Waals surface area contributed by atoms with E-state index in [1.54, 1.807) is 0 Å². The fourth-order valence-electron chi connectivity index (χ4n) is 2.89. The first-order valence-corrected chi connectivity index (χ1v) is 8.00. The maximum Gasteiger partial charge on any atom is 0.163 e. The molecule has 0 radical (unpaired) electrons. The average Bonchev–Trinajstić information content (AvgIpc) is 2.91. The van der Waals surface area contributed by atoms with Gasteiger partial charge in [-0.15, -0.1) is 18.3 Å². The molecule has 0 amide bonds. The summed E-state index contributed by atoms with van der Waals surface area (Å²) in [7, 11) is 0. The third-order valence-corrected chi connectivity index (χ3v) is 4.88. The summed E-state index contributed by atoms with van der Waals surface area (Å²) in [6.07, 6.45) is 2.10. The molecule has 3 rings (SSSR count). The van der Waals surface area contributed by atoms with Gasteiger partial charge in [0.05, 0.1) is 6.04 Å². The van der Waals surface area contributed by atoms with Gasteiger partial charge in [0.1, 0.15) is 12.2 Å². The van der Waals surface area contributed by atoms with Crippen LogP contribution in [0.4, 0.5) is 0 Å². The van der Waals surface area contributed by atoms with Gasteiger partial charge in [-0.05, 0) is 26.0 Å². The Morgan fingerprint density at radius 2 is 1.95 bits per heavy atom. The first kappa shape index (κ1) is 14.1. The molecule has 0 aromatic heterocycles. The Kier molecular flexibility index (Phi) is 3.91. The number of benzene rings is 1. The maximum absolute atomic E-state index is 6.06. The molecule has 2 saturated heterocycles. The lowest BCUT2D eigenvalue weighted by atomic mass is 10.1. The highest BCUT2D eigenvalue weighted by Crippen LogP contribution is 2.37. The van der Waals surface area contributed by atoms with Crippen LogP contribution in [-0.4, -0.2) is 35.8 Å². The Hall–Kier alpha value is -0.810. The van der Waals surface area contributed by atoms with Crippen LogP contribution >= 0.6 is 11.8 Å². The van der Waals surface area contributed by atoms with Crippen molar-refractivity contribution < 1.29 is 9.47 Å². The Balaban J connectivity index is 1.66. The molecule has 4 heteroatoms. The minimum Gasteiger partial charge on any atom is -0.343 e. The number of hydrogen-bond donors (Lipinski definition) is 1. The number of rotatable bonds is 4. The van der Waals surface area contributed by atoms with E-state index >= 15 is 0 Å². The molecule has 0 aliphatic carbocycles. The molecule has 0 saturated carbocycles. The third kappa shape index (κ3) is 2.79. The fraction of sp³-hybridized carbons (Fsp3) is 0.500. The topological polar surface area (TPSA) is 30.5 Å². The summed E-state index contributed by atoms with van der Waals surface area (Å²) in [5.41, 5.74) is 0. The summed E-state index contributed by atoms with van der Waals surface area (Å²) in [6.45, 7) is 7.86. The summed E-state index contributed by atoms with van der Waals surface area (Å²) in [5.74, 6) is 0.476. The molecule has 108 valence electrons. The predicted molar refractivity (Wildman–Crippen MR) is 81.9 cm³/mol. The Morgan fingerprint density at radius 1 is 1.25 bits per heavy atom. The maximum atomic E-state index is 6.06. The molecule has 2 aliphatic rings. The lowest BCUT2D eigenvalue weighted by Crippen LogP contribution is -2.39. The Bertz CT molecular complexity index is 477. The third-order valence-electron chi connectivity index (χ3n) is 3.75. The zero-order chi connectivity index (χ0) is 14.2. The zero-order valence-electron chi connectivity index (χ0n) is 11.9. The summed E-state index contributed by atoms with van der Waals surface area (Å²) in [6, 6.07) is 10.9. The van der Waals surface area contributed by atoms with E-state index in [-0.39, 0.29) is 24.3 Å². The minimum atomic E-state index is -0.492. The van der Waals surface area contributed by atoms with Crippen molar-refractivity contribution in [2.24, 2.45) is 0 Å². The van der Waals surface area contributed by atoms with Gasteiger partial charge in [-0.2, -0.15) is 0 Å².